The minimum absolute atomic E-state index is 0.131. The van der Waals surface area contributed by atoms with Crippen LogP contribution in [0.3, 0.4) is 0 Å². The van der Waals surface area contributed by atoms with Crippen LogP contribution in [0.5, 0.6) is 0 Å². The van der Waals surface area contributed by atoms with Crippen LogP contribution in [0.4, 0.5) is 17.2 Å². The highest BCUT2D eigenvalue weighted by Crippen LogP contribution is 2.36. The zero-order valence-electron chi connectivity index (χ0n) is 22.6. The summed E-state index contributed by atoms with van der Waals surface area (Å²) in [7, 11) is 0. The third kappa shape index (κ3) is 5.92. The summed E-state index contributed by atoms with van der Waals surface area (Å²) in [5, 5.41) is 21.2. The molecule has 1 aliphatic heterocycles. The van der Waals surface area contributed by atoms with E-state index in [1.165, 1.54) is 11.3 Å². The van der Waals surface area contributed by atoms with Crippen LogP contribution in [0, 0.1) is 0 Å². The number of hydrogen-bond donors (Lipinski definition) is 3. The monoisotopic (exact) mass is 604 g/mol. The van der Waals surface area contributed by atoms with Crippen LogP contribution in [0.15, 0.2) is 65.6 Å². The lowest BCUT2D eigenvalue weighted by atomic mass is 9.84. The quantitative estimate of drug-likeness (QED) is 0.181. The average Bonchev–Trinajstić information content (AvgIpc) is 3.63. The van der Waals surface area contributed by atoms with E-state index in [-0.39, 0.29) is 11.9 Å². The molecule has 2 aromatic carbocycles. The van der Waals surface area contributed by atoms with Crippen LogP contribution in [0.1, 0.15) is 42.7 Å². The summed E-state index contributed by atoms with van der Waals surface area (Å²) in [5.41, 5.74) is 5.72. The van der Waals surface area contributed by atoms with Gasteiger partial charge in [-0.15, -0.1) is 22.7 Å². The van der Waals surface area contributed by atoms with Gasteiger partial charge in [0.2, 0.25) is 0 Å². The van der Waals surface area contributed by atoms with Gasteiger partial charge in [0.25, 0.3) is 5.91 Å². The van der Waals surface area contributed by atoms with Gasteiger partial charge >= 0.3 is 0 Å². The number of pyridine rings is 1. The zero-order valence-corrected chi connectivity index (χ0v) is 25.0. The number of hydrogen-bond acceptors (Lipinski definition) is 9. The molecule has 0 bridgehead atoms. The molecule has 1 amide bonds. The first-order valence-corrected chi connectivity index (χ1v) is 15.5. The van der Waals surface area contributed by atoms with E-state index in [9.17, 15) is 9.90 Å². The summed E-state index contributed by atoms with van der Waals surface area (Å²) >= 11 is 9.03. The maximum Gasteiger partial charge on any atom is 0.273 e. The fraction of sp³-hybridized carbons (Fsp3) is 0.267. The van der Waals surface area contributed by atoms with Crippen LogP contribution in [0.2, 0.25) is 5.02 Å². The van der Waals surface area contributed by atoms with Gasteiger partial charge in [0.15, 0.2) is 0 Å². The Bertz CT molecular complexity index is 1690. The van der Waals surface area contributed by atoms with E-state index in [0.29, 0.717) is 42.5 Å². The number of anilines is 3. The Morgan fingerprint density at radius 1 is 1.07 bits per heavy atom. The summed E-state index contributed by atoms with van der Waals surface area (Å²) in [6, 6.07) is 15.5. The molecule has 0 aliphatic carbocycles. The third-order valence-corrected chi connectivity index (χ3v) is 9.08. The van der Waals surface area contributed by atoms with Gasteiger partial charge in [-0.05, 0) is 62.6 Å². The summed E-state index contributed by atoms with van der Waals surface area (Å²) in [4.78, 5) is 28.8. The number of amides is 1. The van der Waals surface area contributed by atoms with Crippen molar-refractivity contribution in [2.45, 2.75) is 38.3 Å². The van der Waals surface area contributed by atoms with Gasteiger partial charge in [0, 0.05) is 53.2 Å². The van der Waals surface area contributed by atoms with Crippen LogP contribution in [-0.4, -0.2) is 50.0 Å². The molecule has 0 unspecified atom stereocenters. The molecule has 3 aromatic heterocycles. The number of thiazole rings is 2. The minimum Gasteiger partial charge on any atom is -0.385 e. The number of carbonyl (C=O) groups excluding carboxylic acids is 1. The molecular weight excluding hydrogens is 576 g/mol. The van der Waals surface area contributed by atoms with E-state index in [0.717, 1.165) is 37.7 Å². The smallest absolute Gasteiger partial charge is 0.273 e. The van der Waals surface area contributed by atoms with Gasteiger partial charge in [-0.3, -0.25) is 4.79 Å². The summed E-state index contributed by atoms with van der Waals surface area (Å²) in [5.74, 6) is 0.573. The lowest BCUT2D eigenvalue weighted by molar-refractivity contribution is -0.0212. The summed E-state index contributed by atoms with van der Waals surface area (Å²) < 4.78 is 1.11. The van der Waals surface area contributed by atoms with Crippen molar-refractivity contribution in [3.63, 3.8) is 0 Å². The highest BCUT2D eigenvalue weighted by atomic mass is 35.5. The van der Waals surface area contributed by atoms with Crippen molar-refractivity contribution in [1.82, 2.24) is 19.9 Å². The number of benzene rings is 2. The number of halogens is 1. The molecule has 0 saturated carbocycles. The molecular formula is C30H29ClN6O2S2. The van der Waals surface area contributed by atoms with E-state index in [1.807, 2.05) is 35.8 Å². The van der Waals surface area contributed by atoms with Crippen LogP contribution < -0.4 is 10.6 Å². The topological polar surface area (TPSA) is 103 Å². The molecule has 1 saturated heterocycles. The van der Waals surface area contributed by atoms with Gasteiger partial charge in [0.1, 0.15) is 16.5 Å². The molecule has 1 aliphatic rings. The first-order chi connectivity index (χ1) is 19.8. The van der Waals surface area contributed by atoms with Crippen molar-refractivity contribution in [3.05, 3.63) is 81.9 Å². The van der Waals surface area contributed by atoms with Gasteiger partial charge in [-0.2, -0.15) is 0 Å². The molecule has 5 aromatic rings. The van der Waals surface area contributed by atoms with Gasteiger partial charge in [-0.25, -0.2) is 15.0 Å². The fourth-order valence-electron chi connectivity index (χ4n) is 4.99. The number of aromatic nitrogens is 3. The molecule has 8 nitrogen and oxygen atoms in total. The van der Waals surface area contributed by atoms with Crippen molar-refractivity contribution >= 4 is 67.6 Å². The van der Waals surface area contributed by atoms with E-state index < -0.39 is 5.60 Å². The standard InChI is InChI=1S/C30H29ClN6O2S2/c1-18(2)34-24-14-27(35-21-7-8-23-26(13-21)41-17-33-23)32-15-22(24)28-36-25(16-40-28)29(38)37-11-9-30(39,10-12-37)19-3-5-20(31)6-4-19/h3-8,13-18,39H,9-12H2,1-2H3,(H2,32,34,35). The molecule has 0 atom stereocenters. The number of carbonyl (C=O) groups is 1. The normalized spacial score (nSPS) is 14.9. The van der Waals surface area contributed by atoms with Gasteiger partial charge in [0.05, 0.1) is 26.9 Å². The molecule has 4 heterocycles. The van der Waals surface area contributed by atoms with E-state index in [1.54, 1.807) is 39.9 Å². The van der Waals surface area contributed by atoms with Crippen LogP contribution in [0.25, 0.3) is 20.8 Å². The predicted octanol–water partition coefficient (Wildman–Crippen LogP) is 7.16. The maximum atomic E-state index is 13.4. The number of rotatable bonds is 7. The lowest BCUT2D eigenvalue weighted by Crippen LogP contribution is -2.45. The molecule has 11 heteroatoms. The van der Waals surface area contributed by atoms with E-state index >= 15 is 0 Å². The highest BCUT2D eigenvalue weighted by Gasteiger charge is 2.36. The third-order valence-electron chi connectivity index (χ3n) is 7.16. The number of fused-ring (bicyclic) bond motifs is 1. The summed E-state index contributed by atoms with van der Waals surface area (Å²) in [6.07, 6.45) is 2.70. The number of aliphatic hydroxyl groups is 1. The molecule has 0 spiro atoms. The first kappa shape index (κ1) is 27.6. The fourth-order valence-corrected chi connectivity index (χ4v) is 6.65. The maximum absolute atomic E-state index is 13.4. The van der Waals surface area contributed by atoms with Crippen molar-refractivity contribution < 1.29 is 9.90 Å². The number of likely N-dealkylation sites (tertiary alicyclic amines) is 1. The van der Waals surface area contributed by atoms with Gasteiger partial charge in [-0.1, -0.05) is 23.7 Å². The number of piperidine rings is 1. The lowest BCUT2D eigenvalue weighted by Gasteiger charge is -2.38. The molecule has 210 valence electrons. The van der Waals surface area contributed by atoms with E-state index in [2.05, 4.69) is 40.5 Å². The van der Waals surface area contributed by atoms with Gasteiger partial charge < -0.3 is 20.6 Å². The average molecular weight is 605 g/mol. The van der Waals surface area contributed by atoms with Crippen molar-refractivity contribution in [2.75, 3.05) is 23.7 Å². The van der Waals surface area contributed by atoms with Crippen molar-refractivity contribution in [2.24, 2.45) is 0 Å². The molecule has 0 radical (unpaired) electrons. The first-order valence-electron chi connectivity index (χ1n) is 13.4. The number of nitrogens with one attached hydrogen (secondary N) is 2. The minimum atomic E-state index is -0.972. The Balaban J connectivity index is 1.18. The van der Waals surface area contributed by atoms with Crippen LogP contribution >= 0.6 is 34.3 Å². The van der Waals surface area contributed by atoms with Crippen molar-refractivity contribution in [3.8, 4) is 10.6 Å². The molecule has 41 heavy (non-hydrogen) atoms. The zero-order chi connectivity index (χ0) is 28.6. The predicted molar refractivity (Wildman–Crippen MR) is 167 cm³/mol. The molecule has 1 fully saturated rings. The van der Waals surface area contributed by atoms with Crippen molar-refractivity contribution in [1.29, 1.82) is 0 Å². The molecule has 6 rings (SSSR count). The Labute approximate surface area is 251 Å². The summed E-state index contributed by atoms with van der Waals surface area (Å²) in [6.45, 7) is 5.04. The van der Waals surface area contributed by atoms with Crippen LogP contribution in [-0.2, 0) is 5.60 Å². The Morgan fingerprint density at radius 3 is 2.61 bits per heavy atom. The SMILES string of the molecule is CC(C)Nc1cc(Nc2ccc3ncsc3c2)ncc1-c1nc(C(=O)N2CCC(O)(c3ccc(Cl)cc3)CC2)cs1. The molecule has 3 N–H and O–H groups in total. The second-order valence-electron chi connectivity index (χ2n) is 10.4. The highest BCUT2D eigenvalue weighted by molar-refractivity contribution is 7.16. The Morgan fingerprint density at radius 2 is 1.85 bits per heavy atom. The second kappa shape index (κ2) is 11.4. The largest absolute Gasteiger partial charge is 0.385 e. The number of nitrogens with zero attached hydrogens (tertiary/aromatic N) is 4. The second-order valence-corrected chi connectivity index (χ2v) is 12.6. The van der Waals surface area contributed by atoms with E-state index in [4.69, 9.17) is 16.6 Å². The Kier molecular flexibility index (Phi) is 7.65. The Hall–Kier alpha value is -3.57.